The molecule has 16 heavy (non-hydrogen) atoms. The summed E-state index contributed by atoms with van der Waals surface area (Å²) in [5.74, 6) is 1.29. The number of rotatable bonds is 4. The molecule has 1 aliphatic rings. The van der Waals surface area contributed by atoms with Crippen molar-refractivity contribution in [1.82, 2.24) is 10.3 Å². The summed E-state index contributed by atoms with van der Waals surface area (Å²) in [4.78, 5) is 4.04. The highest BCUT2D eigenvalue weighted by molar-refractivity contribution is 8.00. The Bertz CT molecular complexity index is 380. The second kappa shape index (κ2) is 5.88. The summed E-state index contributed by atoms with van der Waals surface area (Å²) >= 11 is 2.04. The lowest BCUT2D eigenvalue weighted by molar-refractivity contribution is 0.644. The van der Waals surface area contributed by atoms with Crippen LogP contribution in [0.2, 0.25) is 0 Å². The lowest BCUT2D eigenvalue weighted by Gasteiger charge is -2.10. The first kappa shape index (κ1) is 11.4. The maximum Gasteiger partial charge on any atom is 0.144 e. The number of hydrogen-bond acceptors (Lipinski definition) is 4. The molecule has 84 valence electrons. The van der Waals surface area contributed by atoms with Gasteiger partial charge in [-0.3, -0.25) is 0 Å². The number of pyridine rings is 1. The molecule has 1 saturated heterocycles. The predicted octanol–water partition coefficient (Wildman–Crippen LogP) is 1.94. The van der Waals surface area contributed by atoms with Crippen molar-refractivity contribution in [3.05, 3.63) is 29.6 Å². The summed E-state index contributed by atoms with van der Waals surface area (Å²) < 4.78 is 0. The minimum Gasteiger partial charge on any atom is -0.311 e. The van der Waals surface area contributed by atoms with Crippen molar-refractivity contribution in [2.45, 2.75) is 24.6 Å². The molecule has 0 bridgehead atoms. The monoisotopic (exact) mass is 233 g/mol. The minimum absolute atomic E-state index is 0.536. The highest BCUT2D eigenvalue weighted by Gasteiger charge is 2.14. The zero-order valence-electron chi connectivity index (χ0n) is 9.15. The Kier molecular flexibility index (Phi) is 4.20. The Morgan fingerprint density at radius 3 is 3.31 bits per heavy atom. The Labute approximate surface area is 100 Å². The van der Waals surface area contributed by atoms with Gasteiger partial charge in [-0.1, -0.05) is 6.07 Å². The molecule has 1 unspecified atom stereocenters. The van der Waals surface area contributed by atoms with Gasteiger partial charge < -0.3 is 5.32 Å². The number of hydrogen-bond donors (Lipinski definition) is 1. The largest absolute Gasteiger partial charge is 0.311 e. The number of aromatic nitrogens is 1. The molecule has 1 fully saturated rings. The van der Waals surface area contributed by atoms with Crippen molar-refractivity contribution >= 4 is 11.8 Å². The normalized spacial score (nSPS) is 19.6. The quantitative estimate of drug-likeness (QED) is 0.863. The van der Waals surface area contributed by atoms with Crippen molar-refractivity contribution < 1.29 is 0 Å². The van der Waals surface area contributed by atoms with Crippen LogP contribution in [0.5, 0.6) is 0 Å². The standard InChI is InChI=1S/C12H15N3S/c13-7-12-10(3-1-5-15-12)8-14-9-11-4-2-6-16-11/h1,3,5,11,14H,2,4,6,8-9H2. The minimum atomic E-state index is 0.536. The topological polar surface area (TPSA) is 48.7 Å². The Morgan fingerprint density at radius 1 is 1.62 bits per heavy atom. The Morgan fingerprint density at radius 2 is 2.56 bits per heavy atom. The fourth-order valence-corrected chi connectivity index (χ4v) is 3.09. The van der Waals surface area contributed by atoms with Crippen LogP contribution < -0.4 is 5.32 Å². The smallest absolute Gasteiger partial charge is 0.144 e. The zero-order valence-corrected chi connectivity index (χ0v) is 9.96. The number of nitrogens with one attached hydrogen (secondary N) is 1. The zero-order chi connectivity index (χ0) is 11.2. The van der Waals surface area contributed by atoms with Gasteiger partial charge in [0.1, 0.15) is 11.8 Å². The van der Waals surface area contributed by atoms with Gasteiger partial charge in [-0.05, 0) is 24.7 Å². The molecule has 1 atom stereocenters. The van der Waals surface area contributed by atoms with Crippen LogP contribution in [-0.4, -0.2) is 22.5 Å². The third kappa shape index (κ3) is 2.97. The fraction of sp³-hybridized carbons (Fsp3) is 0.500. The van der Waals surface area contributed by atoms with Crippen LogP contribution >= 0.6 is 11.8 Å². The molecule has 0 amide bonds. The average Bonchev–Trinajstić information content (AvgIpc) is 2.83. The fourth-order valence-electron chi connectivity index (χ4n) is 1.86. The second-order valence-electron chi connectivity index (χ2n) is 3.89. The second-order valence-corrected chi connectivity index (χ2v) is 5.30. The van der Waals surface area contributed by atoms with E-state index in [4.69, 9.17) is 5.26 Å². The van der Waals surface area contributed by atoms with Gasteiger partial charge in [-0.15, -0.1) is 0 Å². The van der Waals surface area contributed by atoms with E-state index in [1.807, 2.05) is 23.9 Å². The van der Waals surface area contributed by atoms with Gasteiger partial charge in [0.25, 0.3) is 0 Å². The van der Waals surface area contributed by atoms with Gasteiger partial charge in [0.15, 0.2) is 0 Å². The van der Waals surface area contributed by atoms with E-state index in [0.717, 1.165) is 23.9 Å². The van der Waals surface area contributed by atoms with Crippen LogP contribution in [0, 0.1) is 11.3 Å². The molecule has 1 aromatic rings. The maximum absolute atomic E-state index is 8.88. The summed E-state index contributed by atoms with van der Waals surface area (Å²) in [6, 6.07) is 5.95. The first-order valence-corrected chi connectivity index (χ1v) is 6.61. The Hall–Kier alpha value is -1.05. The first-order chi connectivity index (χ1) is 7.90. The molecule has 2 rings (SSSR count). The number of nitrogens with zero attached hydrogens (tertiary/aromatic N) is 2. The van der Waals surface area contributed by atoms with E-state index >= 15 is 0 Å². The van der Waals surface area contributed by atoms with Crippen LogP contribution in [0.4, 0.5) is 0 Å². The molecular formula is C12H15N3S. The molecule has 0 spiro atoms. The van der Waals surface area contributed by atoms with E-state index < -0.39 is 0 Å². The molecule has 0 aromatic carbocycles. The lowest BCUT2D eigenvalue weighted by atomic mass is 10.2. The summed E-state index contributed by atoms with van der Waals surface area (Å²) in [7, 11) is 0. The van der Waals surface area contributed by atoms with Crippen LogP contribution in [0.1, 0.15) is 24.1 Å². The van der Waals surface area contributed by atoms with E-state index in [1.165, 1.54) is 18.6 Å². The van der Waals surface area contributed by atoms with Gasteiger partial charge in [0.05, 0.1) is 0 Å². The molecule has 4 heteroatoms. The highest BCUT2D eigenvalue weighted by atomic mass is 32.2. The predicted molar refractivity (Wildman–Crippen MR) is 66.1 cm³/mol. The van der Waals surface area contributed by atoms with Crippen molar-refractivity contribution in [2.75, 3.05) is 12.3 Å². The van der Waals surface area contributed by atoms with Crippen LogP contribution in [0.3, 0.4) is 0 Å². The van der Waals surface area contributed by atoms with Gasteiger partial charge in [0.2, 0.25) is 0 Å². The molecule has 2 heterocycles. The van der Waals surface area contributed by atoms with E-state index in [0.29, 0.717) is 5.69 Å². The molecule has 0 aliphatic carbocycles. The van der Waals surface area contributed by atoms with Crippen LogP contribution in [-0.2, 0) is 6.54 Å². The molecule has 1 aliphatic heterocycles. The summed E-state index contributed by atoms with van der Waals surface area (Å²) in [5, 5.41) is 13.0. The van der Waals surface area contributed by atoms with Crippen molar-refractivity contribution in [2.24, 2.45) is 0 Å². The van der Waals surface area contributed by atoms with Gasteiger partial charge in [0, 0.05) is 30.1 Å². The average molecular weight is 233 g/mol. The SMILES string of the molecule is N#Cc1ncccc1CNCC1CCCS1. The molecule has 1 aromatic heterocycles. The van der Waals surface area contributed by atoms with Crippen molar-refractivity contribution in [1.29, 1.82) is 5.26 Å². The van der Waals surface area contributed by atoms with E-state index in [9.17, 15) is 0 Å². The molecule has 1 N–H and O–H groups in total. The number of nitriles is 1. The van der Waals surface area contributed by atoms with Crippen molar-refractivity contribution in [3.63, 3.8) is 0 Å². The van der Waals surface area contributed by atoms with Crippen LogP contribution in [0.15, 0.2) is 18.3 Å². The first-order valence-electron chi connectivity index (χ1n) is 5.56. The molecule has 3 nitrogen and oxygen atoms in total. The van der Waals surface area contributed by atoms with E-state index in [1.54, 1.807) is 6.20 Å². The van der Waals surface area contributed by atoms with Crippen LogP contribution in [0.25, 0.3) is 0 Å². The Balaban J connectivity index is 1.82. The molecule has 0 radical (unpaired) electrons. The lowest BCUT2D eigenvalue weighted by Crippen LogP contribution is -2.23. The third-order valence-corrected chi connectivity index (χ3v) is 4.11. The van der Waals surface area contributed by atoms with E-state index in [-0.39, 0.29) is 0 Å². The van der Waals surface area contributed by atoms with Gasteiger partial charge in [-0.25, -0.2) is 4.98 Å². The summed E-state index contributed by atoms with van der Waals surface area (Å²) in [6.07, 6.45) is 4.32. The number of thioether (sulfide) groups is 1. The summed E-state index contributed by atoms with van der Waals surface area (Å²) in [5.41, 5.74) is 1.53. The summed E-state index contributed by atoms with van der Waals surface area (Å²) in [6.45, 7) is 1.78. The van der Waals surface area contributed by atoms with Gasteiger partial charge in [-0.2, -0.15) is 17.0 Å². The van der Waals surface area contributed by atoms with E-state index in [2.05, 4.69) is 16.4 Å². The van der Waals surface area contributed by atoms with Gasteiger partial charge >= 0.3 is 0 Å². The third-order valence-electron chi connectivity index (χ3n) is 2.71. The molecular weight excluding hydrogens is 218 g/mol. The molecule has 0 saturated carbocycles. The highest BCUT2D eigenvalue weighted by Crippen LogP contribution is 2.25. The van der Waals surface area contributed by atoms with Crippen molar-refractivity contribution in [3.8, 4) is 6.07 Å². The maximum atomic E-state index is 8.88.